The number of carboxylic acid groups (broad SMARTS) is 1. The second kappa shape index (κ2) is 4.46. The summed E-state index contributed by atoms with van der Waals surface area (Å²) in [4.78, 5) is 11.0. The van der Waals surface area contributed by atoms with Gasteiger partial charge in [-0.1, -0.05) is 6.92 Å². The zero-order valence-electron chi connectivity index (χ0n) is 9.68. The lowest BCUT2D eigenvalue weighted by atomic mass is 10.1. The van der Waals surface area contributed by atoms with E-state index < -0.39 is 21.7 Å². The monoisotopic (exact) mass is 238 g/mol. The number of carboxylic acids is 1. The van der Waals surface area contributed by atoms with Crippen LogP contribution in [0.25, 0.3) is 0 Å². The zero-order valence-corrected chi connectivity index (χ0v) is 10.5. The lowest BCUT2D eigenvalue weighted by molar-refractivity contribution is -0.146. The third-order valence-electron chi connectivity index (χ3n) is 2.17. The first-order valence-electron chi connectivity index (χ1n) is 4.52. The molecule has 0 aliphatic heterocycles. The minimum atomic E-state index is -3.71. The van der Waals surface area contributed by atoms with Crippen molar-refractivity contribution >= 4 is 16.2 Å². The van der Waals surface area contributed by atoms with Crippen LogP contribution in [-0.4, -0.2) is 54.3 Å². The third kappa shape index (κ3) is 2.67. The highest BCUT2D eigenvalue weighted by Crippen LogP contribution is 2.20. The van der Waals surface area contributed by atoms with Crippen LogP contribution in [0.4, 0.5) is 0 Å². The number of likely N-dealkylation sites (N-methyl/N-ethyl adjacent to an activating group) is 1. The Morgan fingerprint density at radius 2 is 1.73 bits per heavy atom. The molecule has 0 heterocycles. The van der Waals surface area contributed by atoms with Crippen LogP contribution in [0.3, 0.4) is 0 Å². The van der Waals surface area contributed by atoms with Crippen molar-refractivity contribution in [3.8, 4) is 0 Å². The molecule has 7 heteroatoms. The van der Waals surface area contributed by atoms with Gasteiger partial charge in [0.15, 0.2) is 0 Å². The number of hydrogen-bond donors (Lipinski definition) is 1. The van der Waals surface area contributed by atoms with E-state index in [-0.39, 0.29) is 6.54 Å². The van der Waals surface area contributed by atoms with Gasteiger partial charge in [0.05, 0.1) is 0 Å². The van der Waals surface area contributed by atoms with Crippen LogP contribution in [0, 0.1) is 0 Å². The lowest BCUT2D eigenvalue weighted by Crippen LogP contribution is -2.55. The summed E-state index contributed by atoms with van der Waals surface area (Å²) in [5, 5.41) is 8.96. The molecule has 0 fully saturated rings. The van der Waals surface area contributed by atoms with E-state index in [0.717, 1.165) is 8.61 Å². The molecule has 0 atom stereocenters. The fourth-order valence-corrected chi connectivity index (χ4v) is 2.53. The van der Waals surface area contributed by atoms with Crippen LogP contribution in [0.5, 0.6) is 0 Å². The van der Waals surface area contributed by atoms with Crippen molar-refractivity contribution in [2.75, 3.05) is 20.6 Å². The molecule has 0 unspecified atom stereocenters. The molecular formula is C8H18N2O4S. The zero-order chi connectivity index (χ0) is 12.4. The van der Waals surface area contributed by atoms with E-state index in [1.54, 1.807) is 6.92 Å². The third-order valence-corrected chi connectivity index (χ3v) is 4.37. The van der Waals surface area contributed by atoms with Crippen LogP contribution in [0.1, 0.15) is 20.8 Å². The van der Waals surface area contributed by atoms with E-state index in [1.807, 2.05) is 0 Å². The molecule has 6 nitrogen and oxygen atoms in total. The molecule has 0 aliphatic carbocycles. The van der Waals surface area contributed by atoms with Gasteiger partial charge in [-0.05, 0) is 13.8 Å². The Bertz CT molecular complexity index is 335. The highest BCUT2D eigenvalue weighted by molar-refractivity contribution is 7.86. The predicted octanol–water partition coefficient (Wildman–Crippen LogP) is -0.0221. The molecule has 90 valence electrons. The Kier molecular flexibility index (Phi) is 4.26. The van der Waals surface area contributed by atoms with Crippen LogP contribution in [0.15, 0.2) is 0 Å². The molecule has 0 amide bonds. The molecule has 15 heavy (non-hydrogen) atoms. The number of nitrogens with zero attached hydrogens (tertiary/aromatic N) is 2. The van der Waals surface area contributed by atoms with Crippen molar-refractivity contribution in [2.45, 2.75) is 26.3 Å². The standard InChI is InChI=1S/C8H18N2O4S/c1-6-10(8(2,3)7(11)12)15(13,14)9(4)5/h6H2,1-5H3,(H,11,12). The number of rotatable bonds is 5. The summed E-state index contributed by atoms with van der Waals surface area (Å²) in [6.07, 6.45) is 0. The highest BCUT2D eigenvalue weighted by atomic mass is 32.2. The Morgan fingerprint density at radius 3 is 1.93 bits per heavy atom. The second-order valence-electron chi connectivity index (χ2n) is 3.82. The van der Waals surface area contributed by atoms with Crippen LogP contribution < -0.4 is 0 Å². The van der Waals surface area contributed by atoms with E-state index in [1.165, 1.54) is 27.9 Å². The largest absolute Gasteiger partial charge is 0.480 e. The summed E-state index contributed by atoms with van der Waals surface area (Å²) >= 11 is 0. The molecule has 0 aromatic carbocycles. The van der Waals surface area contributed by atoms with E-state index in [9.17, 15) is 13.2 Å². The molecule has 0 rings (SSSR count). The van der Waals surface area contributed by atoms with Gasteiger partial charge in [0, 0.05) is 20.6 Å². The molecular weight excluding hydrogens is 220 g/mol. The van der Waals surface area contributed by atoms with E-state index >= 15 is 0 Å². The highest BCUT2D eigenvalue weighted by Gasteiger charge is 2.41. The summed E-state index contributed by atoms with van der Waals surface area (Å²) in [6, 6.07) is 0. The smallest absolute Gasteiger partial charge is 0.324 e. The first kappa shape index (κ1) is 14.3. The molecule has 0 spiro atoms. The average Bonchev–Trinajstić information content (AvgIpc) is 2.03. The molecule has 0 saturated carbocycles. The topological polar surface area (TPSA) is 77.9 Å². The molecule has 0 aromatic rings. The van der Waals surface area contributed by atoms with Crippen LogP contribution in [0.2, 0.25) is 0 Å². The van der Waals surface area contributed by atoms with Gasteiger partial charge in [-0.25, -0.2) is 0 Å². The lowest BCUT2D eigenvalue weighted by Gasteiger charge is -2.34. The summed E-state index contributed by atoms with van der Waals surface area (Å²) in [7, 11) is -0.964. The molecule has 0 aliphatic rings. The second-order valence-corrected chi connectivity index (χ2v) is 5.89. The summed E-state index contributed by atoms with van der Waals surface area (Å²) in [5.41, 5.74) is -1.45. The van der Waals surface area contributed by atoms with Gasteiger partial charge in [-0.2, -0.15) is 17.0 Å². The maximum absolute atomic E-state index is 11.8. The summed E-state index contributed by atoms with van der Waals surface area (Å²) in [5.74, 6) is -1.17. The van der Waals surface area contributed by atoms with Crippen molar-refractivity contribution < 1.29 is 18.3 Å². The van der Waals surface area contributed by atoms with Crippen molar-refractivity contribution in [3.05, 3.63) is 0 Å². The number of hydrogen-bond acceptors (Lipinski definition) is 3. The van der Waals surface area contributed by atoms with E-state index in [2.05, 4.69) is 0 Å². The minimum absolute atomic E-state index is 0.111. The quantitative estimate of drug-likeness (QED) is 0.730. The maximum Gasteiger partial charge on any atom is 0.324 e. The summed E-state index contributed by atoms with van der Waals surface area (Å²) < 4.78 is 25.6. The summed E-state index contributed by atoms with van der Waals surface area (Å²) in [6.45, 7) is 4.44. The molecule has 0 radical (unpaired) electrons. The Balaban J connectivity index is 5.37. The normalized spacial score (nSPS) is 13.5. The van der Waals surface area contributed by atoms with Crippen molar-refractivity contribution in [1.82, 2.24) is 8.61 Å². The van der Waals surface area contributed by atoms with Crippen molar-refractivity contribution in [3.63, 3.8) is 0 Å². The SMILES string of the molecule is CCN(C(C)(C)C(=O)O)S(=O)(=O)N(C)C. The average molecular weight is 238 g/mol. The molecule has 0 saturated heterocycles. The van der Waals surface area contributed by atoms with Gasteiger partial charge in [0.2, 0.25) is 0 Å². The van der Waals surface area contributed by atoms with Gasteiger partial charge < -0.3 is 5.11 Å². The first-order valence-corrected chi connectivity index (χ1v) is 5.91. The van der Waals surface area contributed by atoms with Crippen molar-refractivity contribution in [1.29, 1.82) is 0 Å². The number of carbonyl (C=O) groups is 1. The molecule has 1 N–H and O–H groups in total. The van der Waals surface area contributed by atoms with E-state index in [0.29, 0.717) is 0 Å². The van der Waals surface area contributed by atoms with Gasteiger partial charge in [0.25, 0.3) is 10.2 Å². The van der Waals surface area contributed by atoms with Crippen molar-refractivity contribution in [2.24, 2.45) is 0 Å². The fraction of sp³-hybridized carbons (Fsp3) is 0.875. The minimum Gasteiger partial charge on any atom is -0.480 e. The first-order chi connectivity index (χ1) is 6.58. The number of aliphatic carboxylic acids is 1. The molecule has 0 aromatic heterocycles. The van der Waals surface area contributed by atoms with E-state index in [4.69, 9.17) is 5.11 Å². The van der Waals surface area contributed by atoms with Gasteiger partial charge in [-0.3, -0.25) is 4.79 Å². The predicted molar refractivity (Wildman–Crippen MR) is 56.7 cm³/mol. The van der Waals surface area contributed by atoms with Gasteiger partial charge in [0.1, 0.15) is 5.54 Å². The Labute approximate surface area is 90.7 Å². The Hall–Kier alpha value is -0.660. The van der Waals surface area contributed by atoms with Crippen LogP contribution in [-0.2, 0) is 15.0 Å². The Morgan fingerprint density at radius 1 is 1.33 bits per heavy atom. The fourth-order valence-electron chi connectivity index (χ4n) is 1.15. The van der Waals surface area contributed by atoms with Gasteiger partial charge in [-0.15, -0.1) is 0 Å². The maximum atomic E-state index is 11.8. The molecule has 0 bridgehead atoms. The van der Waals surface area contributed by atoms with Crippen LogP contribution >= 0.6 is 0 Å². The van der Waals surface area contributed by atoms with Gasteiger partial charge >= 0.3 is 5.97 Å².